The van der Waals surface area contributed by atoms with Crippen LogP contribution < -0.4 is 15.0 Å². The van der Waals surface area contributed by atoms with E-state index >= 15 is 0 Å². The zero-order valence-electron chi connectivity index (χ0n) is 17.9. The van der Waals surface area contributed by atoms with Gasteiger partial charge in [-0.25, -0.2) is 4.98 Å². The summed E-state index contributed by atoms with van der Waals surface area (Å²) < 4.78 is 10.7. The Morgan fingerprint density at radius 1 is 1.13 bits per heavy atom. The zero-order chi connectivity index (χ0) is 21.8. The van der Waals surface area contributed by atoms with Crippen LogP contribution in [0.2, 0.25) is 0 Å². The van der Waals surface area contributed by atoms with Gasteiger partial charge >= 0.3 is 0 Å². The first-order valence-electron chi connectivity index (χ1n) is 10.6. The Balaban J connectivity index is 1.55. The van der Waals surface area contributed by atoms with E-state index in [4.69, 9.17) is 9.47 Å². The molecule has 0 aliphatic heterocycles. The highest BCUT2D eigenvalue weighted by atomic mass is 16.5. The number of H-pyrrole nitrogens is 1. The third-order valence-electron chi connectivity index (χ3n) is 5.89. The largest absolute Gasteiger partial charge is 0.493 e. The first kappa shape index (κ1) is 20.9. The fourth-order valence-corrected chi connectivity index (χ4v) is 3.87. The zero-order valence-corrected chi connectivity index (χ0v) is 17.9. The normalized spacial score (nSPS) is 13.6. The molecule has 1 heterocycles. The third kappa shape index (κ3) is 4.55. The lowest BCUT2D eigenvalue weighted by molar-refractivity contribution is -0.138. The predicted molar refractivity (Wildman–Crippen MR) is 118 cm³/mol. The van der Waals surface area contributed by atoms with Crippen molar-refractivity contribution in [1.29, 1.82) is 0 Å². The Labute approximate surface area is 181 Å². The Kier molecular flexibility index (Phi) is 6.21. The molecule has 7 heteroatoms. The molecule has 2 aromatic carbocycles. The summed E-state index contributed by atoms with van der Waals surface area (Å²) in [4.78, 5) is 34.8. The molecule has 31 heavy (non-hydrogen) atoms. The minimum Gasteiger partial charge on any atom is -0.493 e. The summed E-state index contributed by atoms with van der Waals surface area (Å²) in [5.74, 6) is 2.03. The molecule has 1 N–H and O–H groups in total. The van der Waals surface area contributed by atoms with Crippen LogP contribution in [0.1, 0.15) is 30.7 Å². The summed E-state index contributed by atoms with van der Waals surface area (Å²) in [5, 5.41) is 0.549. The Hall–Kier alpha value is -3.35. The number of benzene rings is 2. The molecule has 7 nitrogen and oxygen atoms in total. The van der Waals surface area contributed by atoms with Gasteiger partial charge < -0.3 is 19.4 Å². The number of carbonyl (C=O) groups excluding carboxylic acids is 1. The molecule has 4 rings (SSSR count). The van der Waals surface area contributed by atoms with Gasteiger partial charge in [0.05, 0.1) is 31.7 Å². The van der Waals surface area contributed by atoms with Crippen LogP contribution in [-0.2, 0) is 17.8 Å². The summed E-state index contributed by atoms with van der Waals surface area (Å²) in [6.07, 6.45) is 3.60. The van der Waals surface area contributed by atoms with E-state index < -0.39 is 0 Å². The monoisotopic (exact) mass is 421 g/mol. The van der Waals surface area contributed by atoms with Gasteiger partial charge in [0.15, 0.2) is 11.5 Å². The number of methoxy groups -OCH3 is 2. The molecule has 1 amide bonds. The molecule has 1 aliphatic carbocycles. The number of aromatic amines is 1. The highest BCUT2D eigenvalue weighted by Gasteiger charge is 2.29. The smallest absolute Gasteiger partial charge is 0.258 e. The molecular weight excluding hydrogens is 394 g/mol. The number of nitrogens with one attached hydrogen (secondary N) is 1. The molecule has 3 aromatic rings. The van der Waals surface area contributed by atoms with Crippen LogP contribution in [0.5, 0.6) is 11.5 Å². The van der Waals surface area contributed by atoms with Crippen molar-refractivity contribution in [2.24, 2.45) is 5.92 Å². The summed E-state index contributed by atoms with van der Waals surface area (Å²) in [6, 6.07) is 13.0. The fraction of sp³-hybridized carbons (Fsp3) is 0.375. The Bertz CT molecular complexity index is 1140. The number of nitrogens with zero attached hydrogens (tertiary/aromatic N) is 2. The fourth-order valence-electron chi connectivity index (χ4n) is 3.87. The molecule has 0 unspecified atom stereocenters. The molecule has 1 fully saturated rings. The maximum absolute atomic E-state index is 13.1. The first-order valence-corrected chi connectivity index (χ1v) is 10.6. The van der Waals surface area contributed by atoms with E-state index in [1.165, 1.54) is 0 Å². The van der Waals surface area contributed by atoms with Crippen LogP contribution in [0.15, 0.2) is 47.3 Å². The quantitative estimate of drug-likeness (QED) is 0.603. The molecule has 162 valence electrons. The Morgan fingerprint density at radius 2 is 1.90 bits per heavy atom. The van der Waals surface area contributed by atoms with Gasteiger partial charge in [-0.15, -0.1) is 0 Å². The molecular formula is C24H27N3O4. The van der Waals surface area contributed by atoms with Crippen LogP contribution in [0.4, 0.5) is 0 Å². The lowest BCUT2D eigenvalue weighted by Crippen LogP contribution is -2.40. The number of rotatable bonds is 8. The summed E-state index contributed by atoms with van der Waals surface area (Å²) >= 11 is 0. The van der Waals surface area contributed by atoms with Crippen molar-refractivity contribution in [3.05, 3.63) is 64.2 Å². The van der Waals surface area contributed by atoms with Crippen molar-refractivity contribution in [2.75, 3.05) is 20.8 Å². The number of hydrogen-bond donors (Lipinski definition) is 1. The van der Waals surface area contributed by atoms with Crippen LogP contribution in [-0.4, -0.2) is 41.5 Å². The topological polar surface area (TPSA) is 84.5 Å². The van der Waals surface area contributed by atoms with Crippen molar-refractivity contribution >= 4 is 16.8 Å². The van der Waals surface area contributed by atoms with Crippen molar-refractivity contribution in [3.8, 4) is 11.5 Å². The average molecular weight is 421 g/mol. The van der Waals surface area contributed by atoms with Crippen LogP contribution in [0, 0.1) is 5.92 Å². The second-order valence-electron chi connectivity index (χ2n) is 7.86. The van der Waals surface area contributed by atoms with Crippen molar-refractivity contribution < 1.29 is 14.3 Å². The maximum Gasteiger partial charge on any atom is 0.258 e. The highest BCUT2D eigenvalue weighted by Crippen LogP contribution is 2.30. The van der Waals surface area contributed by atoms with E-state index in [9.17, 15) is 9.59 Å². The van der Waals surface area contributed by atoms with Gasteiger partial charge in [0.1, 0.15) is 5.82 Å². The third-order valence-corrected chi connectivity index (χ3v) is 5.89. The van der Waals surface area contributed by atoms with Gasteiger partial charge in [0.25, 0.3) is 5.56 Å². The Morgan fingerprint density at radius 3 is 2.61 bits per heavy atom. The lowest BCUT2D eigenvalue weighted by atomic mass is 9.84. The predicted octanol–water partition coefficient (Wildman–Crippen LogP) is 3.31. The van der Waals surface area contributed by atoms with Crippen LogP contribution in [0.3, 0.4) is 0 Å². The van der Waals surface area contributed by atoms with Crippen LogP contribution in [0.25, 0.3) is 10.9 Å². The number of aromatic nitrogens is 2. The summed E-state index contributed by atoms with van der Waals surface area (Å²) in [5.41, 5.74) is 1.50. The summed E-state index contributed by atoms with van der Waals surface area (Å²) in [7, 11) is 3.21. The number of ether oxygens (including phenoxy) is 2. The van der Waals surface area contributed by atoms with E-state index in [-0.39, 0.29) is 23.9 Å². The number of amides is 1. The molecule has 1 aliphatic rings. The number of fused-ring (bicyclic) bond motifs is 1. The lowest BCUT2D eigenvalue weighted by Gasteiger charge is -2.31. The molecule has 1 aromatic heterocycles. The SMILES string of the molecule is COc1ccc(CCN(Cc2nc3ccccc3c(=O)[nH]2)C(=O)C2CCC2)cc1OC. The van der Waals surface area contributed by atoms with Crippen LogP contribution >= 0.6 is 0 Å². The molecule has 0 spiro atoms. The van der Waals surface area contributed by atoms with E-state index in [0.717, 1.165) is 24.8 Å². The molecule has 0 bridgehead atoms. The molecule has 0 radical (unpaired) electrons. The van der Waals surface area contributed by atoms with Gasteiger partial charge in [-0.1, -0.05) is 24.6 Å². The van der Waals surface area contributed by atoms with E-state index in [1.807, 2.05) is 41.3 Å². The standard InChI is InChI=1S/C24H27N3O4/c1-30-20-11-10-16(14-21(20)31-2)12-13-27(24(29)17-6-5-7-17)15-22-25-19-9-4-3-8-18(19)23(28)26-22/h3-4,8-11,14,17H,5-7,12-13,15H2,1-2H3,(H,25,26,28). The second kappa shape index (κ2) is 9.20. The average Bonchev–Trinajstić information content (AvgIpc) is 2.75. The first-order chi connectivity index (χ1) is 15.1. The van der Waals surface area contributed by atoms with Gasteiger partial charge in [-0.3, -0.25) is 9.59 Å². The number of carbonyl (C=O) groups is 1. The van der Waals surface area contributed by atoms with E-state index in [0.29, 0.717) is 41.2 Å². The van der Waals surface area contributed by atoms with Gasteiger partial charge in [-0.05, 0) is 49.1 Å². The van der Waals surface area contributed by atoms with Crippen molar-refractivity contribution in [2.45, 2.75) is 32.2 Å². The number of para-hydroxylation sites is 1. The number of hydrogen-bond acceptors (Lipinski definition) is 5. The van der Waals surface area contributed by atoms with E-state index in [2.05, 4.69) is 9.97 Å². The molecule has 0 atom stereocenters. The minimum absolute atomic E-state index is 0.0672. The van der Waals surface area contributed by atoms with Gasteiger partial charge in [0, 0.05) is 12.5 Å². The molecule has 0 saturated heterocycles. The maximum atomic E-state index is 13.1. The van der Waals surface area contributed by atoms with Crippen molar-refractivity contribution in [3.63, 3.8) is 0 Å². The van der Waals surface area contributed by atoms with Gasteiger partial charge in [-0.2, -0.15) is 0 Å². The highest BCUT2D eigenvalue weighted by molar-refractivity contribution is 5.80. The minimum atomic E-state index is -0.184. The second-order valence-corrected chi connectivity index (χ2v) is 7.86. The molecule has 1 saturated carbocycles. The van der Waals surface area contributed by atoms with Gasteiger partial charge in [0.2, 0.25) is 5.91 Å². The summed E-state index contributed by atoms with van der Waals surface area (Å²) in [6.45, 7) is 0.810. The van der Waals surface area contributed by atoms with E-state index in [1.54, 1.807) is 20.3 Å². The van der Waals surface area contributed by atoms with Crippen molar-refractivity contribution in [1.82, 2.24) is 14.9 Å².